The first-order valence-electron chi connectivity index (χ1n) is 4.56. The number of hydrogen-bond donors (Lipinski definition) is 1. The van der Waals surface area contributed by atoms with E-state index in [-0.39, 0.29) is 12.3 Å². The van der Waals surface area contributed by atoms with E-state index in [0.29, 0.717) is 10.6 Å². The van der Waals surface area contributed by atoms with Gasteiger partial charge in [-0.2, -0.15) is 13.2 Å². The van der Waals surface area contributed by atoms with Crippen molar-refractivity contribution >= 4 is 11.6 Å². The summed E-state index contributed by atoms with van der Waals surface area (Å²) in [7, 11) is 0. The van der Waals surface area contributed by atoms with Gasteiger partial charge in [-0.3, -0.25) is 0 Å². The quantitative estimate of drug-likeness (QED) is 0.898. The van der Waals surface area contributed by atoms with E-state index in [1.54, 1.807) is 0 Å². The molecule has 0 bridgehead atoms. The second-order valence-corrected chi connectivity index (χ2v) is 3.69. The van der Waals surface area contributed by atoms with E-state index in [9.17, 15) is 13.2 Å². The molecule has 0 saturated heterocycles. The van der Waals surface area contributed by atoms with E-state index in [0.717, 1.165) is 6.92 Å². The maximum absolute atomic E-state index is 12.3. The zero-order valence-electron chi connectivity index (χ0n) is 8.51. The van der Waals surface area contributed by atoms with Crippen molar-refractivity contribution in [2.75, 3.05) is 0 Å². The summed E-state index contributed by atoms with van der Waals surface area (Å²) >= 11 is 5.69. The highest BCUT2D eigenvalue weighted by Gasteiger charge is 2.38. The molecule has 0 fully saturated rings. The Bertz CT molecular complexity index is 368. The molecule has 1 rings (SSSR count). The molecular formula is C10H11ClF3NO. The van der Waals surface area contributed by atoms with Gasteiger partial charge < -0.3 is 10.5 Å². The Morgan fingerprint density at radius 1 is 1.44 bits per heavy atom. The monoisotopic (exact) mass is 253 g/mol. The predicted molar refractivity (Wildman–Crippen MR) is 55.5 cm³/mol. The van der Waals surface area contributed by atoms with Crippen LogP contribution in [0.25, 0.3) is 0 Å². The lowest BCUT2D eigenvalue weighted by atomic mass is 10.2. The number of benzene rings is 1. The van der Waals surface area contributed by atoms with E-state index in [4.69, 9.17) is 22.1 Å². The van der Waals surface area contributed by atoms with Crippen LogP contribution in [0.2, 0.25) is 5.02 Å². The first-order chi connectivity index (χ1) is 7.34. The average Bonchev–Trinajstić information content (AvgIpc) is 2.19. The summed E-state index contributed by atoms with van der Waals surface area (Å²) in [6.07, 6.45) is -6.27. The summed E-state index contributed by atoms with van der Waals surface area (Å²) < 4.78 is 41.6. The maximum atomic E-state index is 12.3. The van der Waals surface area contributed by atoms with Gasteiger partial charge in [0.15, 0.2) is 6.10 Å². The summed E-state index contributed by atoms with van der Waals surface area (Å²) in [6, 6.07) is 4.33. The van der Waals surface area contributed by atoms with Gasteiger partial charge in [0, 0.05) is 17.1 Å². The van der Waals surface area contributed by atoms with Crippen molar-refractivity contribution in [1.29, 1.82) is 0 Å². The highest BCUT2D eigenvalue weighted by molar-refractivity contribution is 6.30. The number of nitrogens with two attached hydrogens (primary N) is 1. The molecule has 1 aromatic carbocycles. The molecule has 1 unspecified atom stereocenters. The fraction of sp³-hybridized carbons (Fsp3) is 0.400. The Kier molecular flexibility index (Phi) is 4.04. The van der Waals surface area contributed by atoms with Crippen LogP contribution in [-0.4, -0.2) is 12.3 Å². The molecule has 1 atom stereocenters. The van der Waals surface area contributed by atoms with Gasteiger partial charge >= 0.3 is 6.18 Å². The van der Waals surface area contributed by atoms with E-state index in [1.165, 1.54) is 18.2 Å². The molecule has 0 saturated carbocycles. The highest BCUT2D eigenvalue weighted by Crippen LogP contribution is 2.28. The van der Waals surface area contributed by atoms with Crippen LogP contribution >= 0.6 is 11.6 Å². The average molecular weight is 254 g/mol. The smallest absolute Gasteiger partial charge is 0.425 e. The van der Waals surface area contributed by atoms with Crippen molar-refractivity contribution in [2.24, 2.45) is 5.73 Å². The third-order valence-corrected chi connectivity index (χ3v) is 2.24. The summed E-state index contributed by atoms with van der Waals surface area (Å²) in [5.74, 6) is 0.108. The fourth-order valence-electron chi connectivity index (χ4n) is 1.08. The van der Waals surface area contributed by atoms with Crippen LogP contribution in [0.15, 0.2) is 18.2 Å². The molecule has 0 heterocycles. The van der Waals surface area contributed by atoms with Gasteiger partial charge in [0.1, 0.15) is 5.75 Å². The SMILES string of the molecule is CC(Oc1ccc(Cl)cc1CN)C(F)(F)F. The standard InChI is InChI=1S/C10H11ClF3NO/c1-6(10(12,13)14)16-9-3-2-8(11)4-7(9)5-15/h2-4,6H,5,15H2,1H3. The molecule has 0 aliphatic heterocycles. The summed E-state index contributed by atoms with van der Waals surface area (Å²) in [5, 5.41) is 0.410. The number of halogens is 4. The van der Waals surface area contributed by atoms with Crippen LogP contribution < -0.4 is 10.5 Å². The highest BCUT2D eigenvalue weighted by atomic mass is 35.5. The number of ether oxygens (including phenoxy) is 1. The van der Waals surface area contributed by atoms with Crippen molar-refractivity contribution in [3.8, 4) is 5.75 Å². The van der Waals surface area contributed by atoms with Crippen LogP contribution in [0, 0.1) is 0 Å². The van der Waals surface area contributed by atoms with Crippen LogP contribution in [-0.2, 0) is 6.54 Å². The Labute approximate surface area is 96.1 Å². The van der Waals surface area contributed by atoms with Gasteiger partial charge in [0.05, 0.1) is 0 Å². The van der Waals surface area contributed by atoms with Gasteiger partial charge in [-0.25, -0.2) is 0 Å². The Hall–Kier alpha value is -0.940. The third-order valence-electron chi connectivity index (χ3n) is 2.01. The molecule has 0 amide bonds. The normalized spacial score (nSPS) is 13.6. The second-order valence-electron chi connectivity index (χ2n) is 3.26. The lowest BCUT2D eigenvalue weighted by Gasteiger charge is -2.19. The molecule has 6 heteroatoms. The molecule has 90 valence electrons. The molecule has 1 aromatic rings. The number of alkyl halides is 3. The molecule has 16 heavy (non-hydrogen) atoms. The Balaban J connectivity index is 2.89. The van der Waals surface area contributed by atoms with Gasteiger partial charge in [-0.1, -0.05) is 11.6 Å². The Morgan fingerprint density at radius 3 is 2.56 bits per heavy atom. The maximum Gasteiger partial charge on any atom is 0.425 e. The van der Waals surface area contributed by atoms with Gasteiger partial charge in [0.2, 0.25) is 0 Å². The molecule has 0 aliphatic rings. The van der Waals surface area contributed by atoms with Gasteiger partial charge in [-0.05, 0) is 25.1 Å². The minimum absolute atomic E-state index is 0.0699. The van der Waals surface area contributed by atoms with Crippen LogP contribution in [0.5, 0.6) is 5.75 Å². The van der Waals surface area contributed by atoms with Crippen molar-refractivity contribution in [1.82, 2.24) is 0 Å². The number of hydrogen-bond acceptors (Lipinski definition) is 2. The summed E-state index contributed by atoms with van der Waals surface area (Å²) in [6.45, 7) is 1.01. The largest absolute Gasteiger partial charge is 0.481 e. The van der Waals surface area contributed by atoms with Crippen molar-refractivity contribution in [2.45, 2.75) is 25.7 Å². The van der Waals surface area contributed by atoms with Gasteiger partial charge in [0.25, 0.3) is 0 Å². The predicted octanol–water partition coefficient (Wildman–Crippen LogP) is 3.13. The second kappa shape index (κ2) is 4.93. The fourth-order valence-corrected chi connectivity index (χ4v) is 1.27. The first-order valence-corrected chi connectivity index (χ1v) is 4.94. The Morgan fingerprint density at radius 2 is 2.06 bits per heavy atom. The molecule has 0 radical (unpaired) electrons. The summed E-state index contributed by atoms with van der Waals surface area (Å²) in [4.78, 5) is 0. The van der Waals surface area contributed by atoms with Crippen molar-refractivity contribution in [3.05, 3.63) is 28.8 Å². The molecule has 0 aromatic heterocycles. The van der Waals surface area contributed by atoms with E-state index in [2.05, 4.69) is 0 Å². The molecule has 0 spiro atoms. The molecule has 2 N–H and O–H groups in total. The zero-order chi connectivity index (χ0) is 12.3. The first kappa shape index (κ1) is 13.1. The van der Waals surface area contributed by atoms with E-state index in [1.807, 2.05) is 0 Å². The van der Waals surface area contributed by atoms with E-state index < -0.39 is 12.3 Å². The molecule has 0 aliphatic carbocycles. The topological polar surface area (TPSA) is 35.2 Å². The number of rotatable bonds is 3. The minimum Gasteiger partial charge on any atom is -0.481 e. The minimum atomic E-state index is -4.40. The molecular weight excluding hydrogens is 243 g/mol. The van der Waals surface area contributed by atoms with Crippen molar-refractivity contribution in [3.63, 3.8) is 0 Å². The zero-order valence-corrected chi connectivity index (χ0v) is 9.27. The molecule has 2 nitrogen and oxygen atoms in total. The van der Waals surface area contributed by atoms with Gasteiger partial charge in [-0.15, -0.1) is 0 Å². The van der Waals surface area contributed by atoms with Crippen LogP contribution in [0.3, 0.4) is 0 Å². The van der Waals surface area contributed by atoms with E-state index >= 15 is 0 Å². The van der Waals surface area contributed by atoms with Crippen LogP contribution in [0.1, 0.15) is 12.5 Å². The third kappa shape index (κ3) is 3.28. The lowest BCUT2D eigenvalue weighted by molar-refractivity contribution is -0.189. The lowest BCUT2D eigenvalue weighted by Crippen LogP contribution is -2.31. The van der Waals surface area contributed by atoms with Crippen molar-refractivity contribution < 1.29 is 17.9 Å². The summed E-state index contributed by atoms with van der Waals surface area (Å²) in [5.41, 5.74) is 5.83. The van der Waals surface area contributed by atoms with Crippen LogP contribution in [0.4, 0.5) is 13.2 Å².